The van der Waals surface area contributed by atoms with Gasteiger partial charge in [0.05, 0.1) is 0 Å². The van der Waals surface area contributed by atoms with Gasteiger partial charge in [-0.3, -0.25) is 0 Å². The summed E-state index contributed by atoms with van der Waals surface area (Å²) in [6, 6.07) is 0. The monoisotopic (exact) mass is 150 g/mol. The molecule has 0 heteroatoms. The van der Waals surface area contributed by atoms with E-state index in [1.54, 1.807) is 5.57 Å². The maximum atomic E-state index is 4.12. The molecule has 0 nitrogen and oxygen atoms in total. The normalized spacial score (nSPS) is 32.3. The van der Waals surface area contributed by atoms with Crippen molar-refractivity contribution < 1.29 is 0 Å². The van der Waals surface area contributed by atoms with Gasteiger partial charge in [-0.1, -0.05) is 37.6 Å². The van der Waals surface area contributed by atoms with E-state index >= 15 is 0 Å². The van der Waals surface area contributed by atoms with Gasteiger partial charge in [0.15, 0.2) is 0 Å². The van der Waals surface area contributed by atoms with Gasteiger partial charge in [0.25, 0.3) is 0 Å². The van der Waals surface area contributed by atoms with Crippen molar-refractivity contribution in [2.45, 2.75) is 33.6 Å². The Labute approximate surface area is 70.0 Å². The van der Waals surface area contributed by atoms with Crippen LogP contribution in [0.15, 0.2) is 23.8 Å². The summed E-state index contributed by atoms with van der Waals surface area (Å²) < 4.78 is 0. The molecule has 0 amide bonds. The minimum atomic E-state index is 0.699. The van der Waals surface area contributed by atoms with Gasteiger partial charge >= 0.3 is 0 Å². The van der Waals surface area contributed by atoms with Crippen molar-refractivity contribution in [3.05, 3.63) is 23.8 Å². The number of rotatable bonds is 0. The summed E-state index contributed by atoms with van der Waals surface area (Å²) in [5.74, 6) is 1.40. The first kappa shape index (κ1) is 8.58. The summed E-state index contributed by atoms with van der Waals surface area (Å²) in [5.41, 5.74) is 3.05. The van der Waals surface area contributed by atoms with Crippen LogP contribution in [0.25, 0.3) is 0 Å². The zero-order chi connectivity index (χ0) is 8.43. The summed E-state index contributed by atoms with van der Waals surface area (Å²) in [5, 5.41) is 0. The summed E-state index contributed by atoms with van der Waals surface area (Å²) in [7, 11) is 0. The molecule has 0 aromatic carbocycles. The molecular formula is C11H18. The van der Waals surface area contributed by atoms with Gasteiger partial charge in [0.1, 0.15) is 0 Å². The molecule has 0 aliphatic heterocycles. The van der Waals surface area contributed by atoms with Gasteiger partial charge in [-0.2, -0.15) is 0 Å². The first-order chi connectivity index (χ1) is 5.15. The Morgan fingerprint density at radius 1 is 1.27 bits per heavy atom. The molecule has 1 fully saturated rings. The summed E-state index contributed by atoms with van der Waals surface area (Å²) in [6.07, 6.45) is 4.73. The summed E-state index contributed by atoms with van der Waals surface area (Å²) in [4.78, 5) is 0. The quantitative estimate of drug-likeness (QED) is 0.463. The van der Waals surface area contributed by atoms with Crippen LogP contribution in [0.2, 0.25) is 0 Å². The number of hydrogen-bond acceptors (Lipinski definition) is 0. The summed E-state index contributed by atoms with van der Waals surface area (Å²) in [6.45, 7) is 10.8. The molecule has 0 spiro atoms. The zero-order valence-electron chi connectivity index (χ0n) is 7.85. The third-order valence-electron chi connectivity index (χ3n) is 2.81. The van der Waals surface area contributed by atoms with Crippen LogP contribution in [0.1, 0.15) is 33.6 Å². The van der Waals surface area contributed by atoms with E-state index in [-0.39, 0.29) is 0 Å². The lowest BCUT2D eigenvalue weighted by Crippen LogP contribution is -2.15. The lowest BCUT2D eigenvalue weighted by molar-refractivity contribution is 0.482. The van der Waals surface area contributed by atoms with Crippen molar-refractivity contribution >= 4 is 0 Å². The molecule has 0 unspecified atom stereocenters. The molecule has 0 aromatic heterocycles. The maximum Gasteiger partial charge on any atom is -0.0194 e. The first-order valence-corrected chi connectivity index (χ1v) is 4.48. The molecule has 1 aliphatic rings. The highest BCUT2D eigenvalue weighted by Gasteiger charge is 2.21. The Morgan fingerprint density at radius 2 is 1.73 bits per heavy atom. The van der Waals surface area contributed by atoms with Crippen LogP contribution in [-0.4, -0.2) is 0 Å². The molecule has 0 aromatic rings. The highest BCUT2D eigenvalue weighted by Crippen LogP contribution is 2.35. The zero-order valence-corrected chi connectivity index (χ0v) is 7.85. The fraction of sp³-hybridized carbons (Fsp3) is 0.636. The first-order valence-electron chi connectivity index (χ1n) is 4.48. The van der Waals surface area contributed by atoms with Crippen LogP contribution >= 0.6 is 0 Å². The predicted octanol–water partition coefficient (Wildman–Crippen LogP) is 3.55. The van der Waals surface area contributed by atoms with Gasteiger partial charge in [-0.25, -0.2) is 0 Å². The van der Waals surface area contributed by atoms with Gasteiger partial charge in [0, 0.05) is 0 Å². The SMILES string of the molecule is C=C1[C@H](C)CC(=CC)C[C@H]1C. The molecule has 0 saturated heterocycles. The molecule has 11 heavy (non-hydrogen) atoms. The van der Waals surface area contributed by atoms with Crippen molar-refractivity contribution in [3.8, 4) is 0 Å². The third kappa shape index (κ3) is 1.74. The second-order valence-electron chi connectivity index (χ2n) is 3.73. The Hall–Kier alpha value is -0.520. The molecule has 1 saturated carbocycles. The smallest absolute Gasteiger partial charge is 0.0194 e. The molecular weight excluding hydrogens is 132 g/mol. The van der Waals surface area contributed by atoms with Crippen molar-refractivity contribution in [3.63, 3.8) is 0 Å². The van der Waals surface area contributed by atoms with E-state index in [2.05, 4.69) is 33.4 Å². The maximum absolute atomic E-state index is 4.12. The van der Waals surface area contributed by atoms with E-state index < -0.39 is 0 Å². The van der Waals surface area contributed by atoms with E-state index in [4.69, 9.17) is 0 Å². The van der Waals surface area contributed by atoms with Crippen molar-refractivity contribution in [1.29, 1.82) is 0 Å². The van der Waals surface area contributed by atoms with Crippen LogP contribution in [0, 0.1) is 11.8 Å². The van der Waals surface area contributed by atoms with Crippen LogP contribution in [-0.2, 0) is 0 Å². The van der Waals surface area contributed by atoms with Crippen LogP contribution in [0.4, 0.5) is 0 Å². The average molecular weight is 150 g/mol. The minimum absolute atomic E-state index is 0.699. The van der Waals surface area contributed by atoms with Crippen molar-refractivity contribution in [2.75, 3.05) is 0 Å². The second-order valence-corrected chi connectivity index (χ2v) is 3.73. The minimum Gasteiger partial charge on any atom is -0.0993 e. The van der Waals surface area contributed by atoms with E-state index in [0.29, 0.717) is 11.8 Å². The Morgan fingerprint density at radius 3 is 2.09 bits per heavy atom. The van der Waals surface area contributed by atoms with Gasteiger partial charge in [-0.05, 0) is 31.6 Å². The fourth-order valence-electron chi connectivity index (χ4n) is 1.85. The Kier molecular flexibility index (Phi) is 2.53. The molecule has 0 N–H and O–H groups in total. The predicted molar refractivity (Wildman–Crippen MR) is 50.5 cm³/mol. The van der Waals surface area contributed by atoms with Crippen LogP contribution in [0.3, 0.4) is 0 Å². The highest BCUT2D eigenvalue weighted by molar-refractivity contribution is 5.18. The van der Waals surface area contributed by atoms with Crippen LogP contribution < -0.4 is 0 Å². The lowest BCUT2D eigenvalue weighted by atomic mass is 9.77. The van der Waals surface area contributed by atoms with Crippen molar-refractivity contribution in [1.82, 2.24) is 0 Å². The molecule has 1 rings (SSSR count). The topological polar surface area (TPSA) is 0 Å². The van der Waals surface area contributed by atoms with Gasteiger partial charge in [0.2, 0.25) is 0 Å². The second kappa shape index (κ2) is 3.25. The Balaban J connectivity index is 2.70. The molecule has 0 bridgehead atoms. The van der Waals surface area contributed by atoms with E-state index in [1.807, 2.05) is 0 Å². The van der Waals surface area contributed by atoms with Crippen LogP contribution in [0.5, 0.6) is 0 Å². The van der Waals surface area contributed by atoms with Gasteiger partial charge < -0.3 is 0 Å². The Bertz CT molecular complexity index is 170. The fourth-order valence-corrected chi connectivity index (χ4v) is 1.85. The van der Waals surface area contributed by atoms with Crippen molar-refractivity contribution in [2.24, 2.45) is 11.8 Å². The lowest BCUT2D eigenvalue weighted by Gasteiger charge is -2.29. The van der Waals surface area contributed by atoms with E-state index in [1.165, 1.54) is 18.4 Å². The molecule has 1 aliphatic carbocycles. The van der Waals surface area contributed by atoms with E-state index in [9.17, 15) is 0 Å². The van der Waals surface area contributed by atoms with E-state index in [0.717, 1.165) is 0 Å². The molecule has 0 radical (unpaired) electrons. The largest absolute Gasteiger partial charge is 0.0993 e. The standard InChI is InChI=1S/C11H18/c1-5-11-6-8(2)10(4)9(3)7-11/h5,8-9H,4,6-7H2,1-3H3/t8-,9-/m1/s1. The summed E-state index contributed by atoms with van der Waals surface area (Å²) >= 11 is 0. The third-order valence-corrected chi connectivity index (χ3v) is 2.81. The highest BCUT2D eigenvalue weighted by atomic mass is 14.3. The average Bonchev–Trinajstić information content (AvgIpc) is 1.99. The molecule has 62 valence electrons. The molecule has 0 heterocycles. The molecule has 2 atom stereocenters. The number of hydrogen-bond donors (Lipinski definition) is 0. The van der Waals surface area contributed by atoms with Gasteiger partial charge in [-0.15, -0.1) is 0 Å². The number of allylic oxidation sites excluding steroid dienone is 3.